The molecule has 1 unspecified atom stereocenters. The van der Waals surface area contributed by atoms with E-state index < -0.39 is 0 Å². The summed E-state index contributed by atoms with van der Waals surface area (Å²) in [6, 6.07) is 6.16. The molecule has 130 valence electrons. The Morgan fingerprint density at radius 2 is 2.36 bits per heavy atom. The Kier molecular flexibility index (Phi) is 4.38. The lowest BCUT2D eigenvalue weighted by Gasteiger charge is -2.22. The van der Waals surface area contributed by atoms with E-state index in [1.54, 1.807) is 18.5 Å². The van der Waals surface area contributed by atoms with Gasteiger partial charge in [-0.1, -0.05) is 11.2 Å². The third kappa shape index (κ3) is 3.66. The molecule has 0 amide bonds. The van der Waals surface area contributed by atoms with Gasteiger partial charge in [-0.3, -0.25) is 0 Å². The summed E-state index contributed by atoms with van der Waals surface area (Å²) in [5, 5.41) is 11.6. The lowest BCUT2D eigenvalue weighted by molar-refractivity contribution is 0.285. The summed E-state index contributed by atoms with van der Waals surface area (Å²) in [6.45, 7) is 1.98. The first-order valence-electron chi connectivity index (χ1n) is 8.11. The van der Waals surface area contributed by atoms with Crippen LogP contribution in [0.4, 0.5) is 4.39 Å². The number of nitrogens with one attached hydrogen (secondary N) is 1. The number of piperidine rings is 1. The van der Waals surface area contributed by atoms with Gasteiger partial charge in [-0.15, -0.1) is 5.10 Å². The Balaban J connectivity index is 1.41. The average molecular weight is 344 g/mol. The zero-order chi connectivity index (χ0) is 17.1. The predicted octanol–water partition coefficient (Wildman–Crippen LogP) is 1.97. The summed E-state index contributed by atoms with van der Waals surface area (Å²) in [5.41, 5.74) is 0. The number of benzene rings is 1. The van der Waals surface area contributed by atoms with Crippen molar-refractivity contribution >= 4 is 0 Å². The molecular formula is C16H17FN6O2. The van der Waals surface area contributed by atoms with Crippen molar-refractivity contribution in [3.63, 3.8) is 0 Å². The molecule has 8 nitrogen and oxygen atoms in total. The molecule has 1 saturated heterocycles. The quantitative estimate of drug-likeness (QED) is 0.756. The molecule has 2 aromatic heterocycles. The van der Waals surface area contributed by atoms with Crippen LogP contribution in [0.5, 0.6) is 5.75 Å². The van der Waals surface area contributed by atoms with Gasteiger partial charge in [0.25, 0.3) is 5.89 Å². The van der Waals surface area contributed by atoms with E-state index in [2.05, 4.69) is 25.5 Å². The summed E-state index contributed by atoms with van der Waals surface area (Å²) in [6.07, 6.45) is 3.86. The highest BCUT2D eigenvalue weighted by atomic mass is 19.1. The van der Waals surface area contributed by atoms with Crippen molar-refractivity contribution in [3.8, 4) is 17.5 Å². The standard InChI is InChI=1S/C16H17FN6O2/c17-11-3-1-5-13(7-11)24-9-14-20-16(25-22-14)15-19-10-23(21-15)12-4-2-6-18-8-12/h1,3,5,7,10,12,18H,2,4,6,8-9H2. The number of halogens is 1. The number of hydrogen-bond donors (Lipinski definition) is 1. The molecule has 25 heavy (non-hydrogen) atoms. The molecule has 1 aromatic carbocycles. The zero-order valence-electron chi connectivity index (χ0n) is 13.4. The molecule has 3 heterocycles. The Morgan fingerprint density at radius 1 is 1.40 bits per heavy atom. The van der Waals surface area contributed by atoms with E-state index in [1.165, 1.54) is 12.1 Å². The normalized spacial score (nSPS) is 17.6. The summed E-state index contributed by atoms with van der Waals surface area (Å²) in [5.74, 6) is 1.00. The minimum absolute atomic E-state index is 0.0696. The Hall–Kier alpha value is -2.81. The van der Waals surface area contributed by atoms with E-state index in [4.69, 9.17) is 9.26 Å². The molecule has 1 fully saturated rings. The van der Waals surface area contributed by atoms with Crippen LogP contribution in [0, 0.1) is 5.82 Å². The first-order chi connectivity index (χ1) is 12.3. The molecule has 1 aliphatic rings. The summed E-state index contributed by atoms with van der Waals surface area (Å²) >= 11 is 0. The Morgan fingerprint density at radius 3 is 3.20 bits per heavy atom. The van der Waals surface area contributed by atoms with E-state index in [0.29, 0.717) is 17.4 Å². The molecule has 1 N–H and O–H groups in total. The van der Waals surface area contributed by atoms with Crippen LogP contribution in [0.15, 0.2) is 35.1 Å². The van der Waals surface area contributed by atoms with Gasteiger partial charge in [-0.05, 0) is 31.5 Å². The zero-order valence-corrected chi connectivity index (χ0v) is 13.4. The number of nitrogens with zero attached hydrogens (tertiary/aromatic N) is 5. The van der Waals surface area contributed by atoms with Gasteiger partial charge in [0, 0.05) is 12.6 Å². The molecule has 3 aromatic rings. The van der Waals surface area contributed by atoms with Crippen LogP contribution in [0.2, 0.25) is 0 Å². The lowest BCUT2D eigenvalue weighted by Crippen LogP contribution is -2.31. The molecule has 0 saturated carbocycles. The maximum atomic E-state index is 13.1. The van der Waals surface area contributed by atoms with Crippen LogP contribution in [-0.2, 0) is 6.61 Å². The second-order valence-electron chi connectivity index (χ2n) is 5.81. The van der Waals surface area contributed by atoms with Crippen LogP contribution in [0.25, 0.3) is 11.7 Å². The minimum atomic E-state index is -0.363. The van der Waals surface area contributed by atoms with Crippen molar-refractivity contribution in [2.45, 2.75) is 25.5 Å². The van der Waals surface area contributed by atoms with Crippen molar-refractivity contribution in [1.82, 2.24) is 30.2 Å². The molecule has 0 bridgehead atoms. The van der Waals surface area contributed by atoms with Gasteiger partial charge < -0.3 is 14.6 Å². The van der Waals surface area contributed by atoms with Gasteiger partial charge in [0.05, 0.1) is 6.04 Å². The topological polar surface area (TPSA) is 90.9 Å². The second kappa shape index (κ2) is 6.98. The van der Waals surface area contributed by atoms with Crippen LogP contribution >= 0.6 is 0 Å². The van der Waals surface area contributed by atoms with Gasteiger partial charge in [0.15, 0.2) is 6.61 Å². The molecule has 1 atom stereocenters. The minimum Gasteiger partial charge on any atom is -0.485 e. The van der Waals surface area contributed by atoms with Crippen LogP contribution in [-0.4, -0.2) is 38.0 Å². The highest BCUT2D eigenvalue weighted by Gasteiger charge is 2.19. The molecule has 0 radical (unpaired) electrons. The van der Waals surface area contributed by atoms with Gasteiger partial charge >= 0.3 is 0 Å². The molecule has 9 heteroatoms. The van der Waals surface area contributed by atoms with Crippen molar-refractivity contribution in [3.05, 3.63) is 42.2 Å². The van der Waals surface area contributed by atoms with E-state index in [0.717, 1.165) is 25.9 Å². The van der Waals surface area contributed by atoms with Crippen molar-refractivity contribution in [1.29, 1.82) is 0 Å². The molecular weight excluding hydrogens is 327 g/mol. The molecule has 4 rings (SSSR count). The van der Waals surface area contributed by atoms with Gasteiger partial charge in [-0.25, -0.2) is 14.1 Å². The maximum Gasteiger partial charge on any atom is 0.297 e. The second-order valence-corrected chi connectivity index (χ2v) is 5.81. The van der Waals surface area contributed by atoms with E-state index >= 15 is 0 Å². The first-order valence-corrected chi connectivity index (χ1v) is 8.11. The number of rotatable bonds is 5. The van der Waals surface area contributed by atoms with Gasteiger partial charge in [-0.2, -0.15) is 4.98 Å². The van der Waals surface area contributed by atoms with Gasteiger partial charge in [0.1, 0.15) is 17.9 Å². The third-order valence-electron chi connectivity index (χ3n) is 3.98. The summed E-state index contributed by atoms with van der Waals surface area (Å²) in [7, 11) is 0. The maximum absolute atomic E-state index is 13.1. The summed E-state index contributed by atoms with van der Waals surface area (Å²) in [4.78, 5) is 8.47. The monoisotopic (exact) mass is 344 g/mol. The highest BCUT2D eigenvalue weighted by molar-refractivity contribution is 5.37. The molecule has 0 spiro atoms. The Bertz CT molecular complexity index is 843. The van der Waals surface area contributed by atoms with Crippen LogP contribution in [0.1, 0.15) is 24.7 Å². The van der Waals surface area contributed by atoms with Crippen molar-refractivity contribution < 1.29 is 13.7 Å². The lowest BCUT2D eigenvalue weighted by atomic mass is 10.1. The van der Waals surface area contributed by atoms with Gasteiger partial charge in [0.2, 0.25) is 11.6 Å². The summed E-state index contributed by atoms with van der Waals surface area (Å²) < 4.78 is 25.6. The van der Waals surface area contributed by atoms with E-state index in [-0.39, 0.29) is 24.4 Å². The predicted molar refractivity (Wildman–Crippen MR) is 85.2 cm³/mol. The van der Waals surface area contributed by atoms with Crippen LogP contribution in [0.3, 0.4) is 0 Å². The highest BCUT2D eigenvalue weighted by Crippen LogP contribution is 2.19. The van der Waals surface area contributed by atoms with E-state index in [1.807, 2.05) is 4.68 Å². The third-order valence-corrected chi connectivity index (χ3v) is 3.98. The van der Waals surface area contributed by atoms with Crippen LogP contribution < -0.4 is 10.1 Å². The Labute approximate surface area is 143 Å². The number of hydrogen-bond acceptors (Lipinski definition) is 7. The largest absolute Gasteiger partial charge is 0.485 e. The fourth-order valence-electron chi connectivity index (χ4n) is 2.72. The van der Waals surface area contributed by atoms with Crippen molar-refractivity contribution in [2.24, 2.45) is 0 Å². The number of aromatic nitrogens is 5. The molecule has 0 aliphatic carbocycles. The fourth-order valence-corrected chi connectivity index (χ4v) is 2.72. The SMILES string of the molecule is Fc1cccc(OCc2noc(-c3ncn(C4CCCNC4)n3)n2)c1. The molecule has 1 aliphatic heterocycles. The number of ether oxygens (including phenoxy) is 1. The average Bonchev–Trinajstić information content (AvgIpc) is 3.30. The fraction of sp³-hybridized carbons (Fsp3) is 0.375. The first kappa shape index (κ1) is 15.7. The van der Waals surface area contributed by atoms with Crippen molar-refractivity contribution in [2.75, 3.05) is 13.1 Å². The van der Waals surface area contributed by atoms with E-state index in [9.17, 15) is 4.39 Å². The smallest absolute Gasteiger partial charge is 0.297 e.